The summed E-state index contributed by atoms with van der Waals surface area (Å²) < 4.78 is 1.65. The molecule has 0 spiro atoms. The number of aryl methyl sites for hydroxylation is 2. The Bertz CT molecular complexity index is 772. The number of hydrogen-bond acceptors (Lipinski definition) is 6. The van der Waals surface area contributed by atoms with E-state index in [0.29, 0.717) is 18.8 Å². The van der Waals surface area contributed by atoms with Gasteiger partial charge < -0.3 is 5.32 Å². The summed E-state index contributed by atoms with van der Waals surface area (Å²) in [6.07, 6.45) is 1.99. The molecule has 1 aliphatic rings. The van der Waals surface area contributed by atoms with E-state index < -0.39 is 11.0 Å². The lowest BCUT2D eigenvalue weighted by Crippen LogP contribution is -2.34. The molecule has 1 saturated heterocycles. The number of nitrogens with zero attached hydrogens (tertiary/aromatic N) is 5. The molecule has 9 heteroatoms. The van der Waals surface area contributed by atoms with E-state index in [9.17, 15) is 14.9 Å². The molecule has 2 aromatic heterocycles. The summed E-state index contributed by atoms with van der Waals surface area (Å²) in [5, 5.41) is 18.2. The van der Waals surface area contributed by atoms with Crippen molar-refractivity contribution in [1.29, 1.82) is 0 Å². The summed E-state index contributed by atoms with van der Waals surface area (Å²) in [5.74, 6) is 0.680. The Kier molecular flexibility index (Phi) is 3.68. The van der Waals surface area contributed by atoms with Crippen LogP contribution in [0.2, 0.25) is 0 Å². The molecule has 1 atom stereocenters. The smallest absolute Gasteiger partial charge is 0.311 e. The molecule has 3 rings (SSSR count). The summed E-state index contributed by atoms with van der Waals surface area (Å²) >= 11 is 0. The fourth-order valence-electron chi connectivity index (χ4n) is 2.71. The highest BCUT2D eigenvalue weighted by Gasteiger charge is 2.35. The highest BCUT2D eigenvalue weighted by molar-refractivity contribution is 6.00. The number of nitrogens with one attached hydrogen (secondary N) is 1. The number of anilines is 2. The zero-order valence-corrected chi connectivity index (χ0v) is 12.8. The molecular weight excluding hydrogens is 300 g/mol. The Morgan fingerprint density at radius 2 is 2.26 bits per heavy atom. The van der Waals surface area contributed by atoms with Gasteiger partial charge in [-0.15, -0.1) is 0 Å². The first-order valence-corrected chi connectivity index (χ1v) is 7.15. The van der Waals surface area contributed by atoms with E-state index in [1.807, 2.05) is 13.0 Å². The van der Waals surface area contributed by atoms with E-state index in [4.69, 9.17) is 0 Å². The standard InChI is InChI=1S/C14H16N6O3/c1-9-8-12(18(2)17-9)19-7-5-10(14(19)21)16-13-11(20(22)23)4-3-6-15-13/h3-4,6,8,10H,5,7H2,1-2H3,(H,15,16). The van der Waals surface area contributed by atoms with Crippen LogP contribution in [0, 0.1) is 17.0 Å². The molecule has 0 saturated carbocycles. The lowest BCUT2D eigenvalue weighted by molar-refractivity contribution is -0.384. The molecule has 1 unspecified atom stereocenters. The molecule has 0 aromatic carbocycles. The molecule has 0 radical (unpaired) electrons. The molecule has 1 amide bonds. The van der Waals surface area contributed by atoms with E-state index in [2.05, 4.69) is 15.4 Å². The largest absolute Gasteiger partial charge is 0.353 e. The number of rotatable bonds is 4. The van der Waals surface area contributed by atoms with Crippen LogP contribution in [-0.2, 0) is 11.8 Å². The first kappa shape index (κ1) is 14.9. The fourth-order valence-corrected chi connectivity index (χ4v) is 2.71. The van der Waals surface area contributed by atoms with E-state index in [-0.39, 0.29) is 17.4 Å². The van der Waals surface area contributed by atoms with Crippen molar-refractivity contribution in [1.82, 2.24) is 14.8 Å². The number of carbonyl (C=O) groups excluding carboxylic acids is 1. The highest BCUT2D eigenvalue weighted by Crippen LogP contribution is 2.26. The SMILES string of the molecule is Cc1cc(N2CCC(Nc3ncccc3[N+](=O)[O-])C2=O)n(C)n1. The molecular formula is C14H16N6O3. The molecule has 120 valence electrons. The van der Waals surface area contributed by atoms with Crippen LogP contribution in [0.5, 0.6) is 0 Å². The van der Waals surface area contributed by atoms with Crippen molar-refractivity contribution in [3.63, 3.8) is 0 Å². The lowest BCUT2D eigenvalue weighted by atomic mass is 10.2. The van der Waals surface area contributed by atoms with Crippen molar-refractivity contribution in [2.45, 2.75) is 19.4 Å². The third kappa shape index (κ3) is 2.72. The molecule has 1 fully saturated rings. The van der Waals surface area contributed by atoms with Crippen molar-refractivity contribution in [2.75, 3.05) is 16.8 Å². The van der Waals surface area contributed by atoms with Crippen molar-refractivity contribution in [3.8, 4) is 0 Å². The maximum absolute atomic E-state index is 12.6. The van der Waals surface area contributed by atoms with Crippen molar-refractivity contribution < 1.29 is 9.72 Å². The number of carbonyl (C=O) groups is 1. The Labute approximate surface area is 132 Å². The Hall–Kier alpha value is -2.97. The molecule has 2 aromatic rings. The summed E-state index contributed by atoms with van der Waals surface area (Å²) in [6.45, 7) is 2.38. The normalized spacial score (nSPS) is 17.6. The number of aromatic nitrogens is 3. The predicted molar refractivity (Wildman–Crippen MR) is 83.2 cm³/mol. The van der Waals surface area contributed by atoms with Crippen LogP contribution in [-0.4, -0.2) is 38.2 Å². The van der Waals surface area contributed by atoms with Gasteiger partial charge in [0.05, 0.1) is 10.6 Å². The van der Waals surface area contributed by atoms with Gasteiger partial charge in [0.15, 0.2) is 0 Å². The summed E-state index contributed by atoms with van der Waals surface area (Å²) in [5.41, 5.74) is 0.683. The zero-order valence-electron chi connectivity index (χ0n) is 12.8. The minimum atomic E-state index is -0.543. The molecule has 1 aliphatic heterocycles. The summed E-state index contributed by atoms with van der Waals surface area (Å²) in [4.78, 5) is 28.7. The minimum Gasteiger partial charge on any atom is -0.353 e. The molecule has 0 bridgehead atoms. The van der Waals surface area contributed by atoms with Gasteiger partial charge in [0.2, 0.25) is 5.82 Å². The minimum absolute atomic E-state index is 0.110. The first-order chi connectivity index (χ1) is 11.0. The summed E-state index contributed by atoms with van der Waals surface area (Å²) in [7, 11) is 1.78. The van der Waals surface area contributed by atoms with Gasteiger partial charge in [-0.05, 0) is 19.4 Å². The van der Waals surface area contributed by atoms with Crippen LogP contribution in [0.25, 0.3) is 0 Å². The second-order valence-electron chi connectivity index (χ2n) is 5.37. The van der Waals surface area contributed by atoms with Crippen molar-refractivity contribution in [3.05, 3.63) is 40.2 Å². The number of hydrogen-bond donors (Lipinski definition) is 1. The third-order valence-corrected chi connectivity index (χ3v) is 3.75. The second-order valence-corrected chi connectivity index (χ2v) is 5.37. The first-order valence-electron chi connectivity index (χ1n) is 7.15. The molecule has 1 N–H and O–H groups in total. The average molecular weight is 316 g/mol. The monoisotopic (exact) mass is 316 g/mol. The van der Waals surface area contributed by atoms with Gasteiger partial charge in [-0.25, -0.2) is 4.98 Å². The topological polar surface area (TPSA) is 106 Å². The number of amides is 1. The Morgan fingerprint density at radius 1 is 1.48 bits per heavy atom. The molecule has 23 heavy (non-hydrogen) atoms. The van der Waals surface area contributed by atoms with Gasteiger partial charge in [0.1, 0.15) is 11.9 Å². The van der Waals surface area contributed by atoms with E-state index in [1.54, 1.807) is 16.6 Å². The number of nitro groups is 1. The fraction of sp³-hybridized carbons (Fsp3) is 0.357. The highest BCUT2D eigenvalue weighted by atomic mass is 16.6. The van der Waals surface area contributed by atoms with Crippen LogP contribution >= 0.6 is 0 Å². The van der Waals surface area contributed by atoms with E-state index >= 15 is 0 Å². The van der Waals surface area contributed by atoms with Gasteiger partial charge in [-0.3, -0.25) is 24.5 Å². The van der Waals surface area contributed by atoms with Gasteiger partial charge >= 0.3 is 5.69 Å². The van der Waals surface area contributed by atoms with Gasteiger partial charge in [0, 0.05) is 31.9 Å². The molecule has 9 nitrogen and oxygen atoms in total. The molecule has 3 heterocycles. The van der Waals surface area contributed by atoms with Gasteiger partial charge in [0.25, 0.3) is 5.91 Å². The molecule has 0 aliphatic carbocycles. The zero-order chi connectivity index (χ0) is 16.6. The lowest BCUT2D eigenvalue weighted by Gasteiger charge is -2.17. The average Bonchev–Trinajstić information content (AvgIpc) is 3.02. The van der Waals surface area contributed by atoms with Gasteiger partial charge in [-0.2, -0.15) is 5.10 Å². The van der Waals surface area contributed by atoms with Crippen LogP contribution in [0.3, 0.4) is 0 Å². The second kappa shape index (κ2) is 5.67. The van der Waals surface area contributed by atoms with E-state index in [0.717, 1.165) is 5.69 Å². The van der Waals surface area contributed by atoms with Gasteiger partial charge in [-0.1, -0.05) is 0 Å². The third-order valence-electron chi connectivity index (χ3n) is 3.75. The van der Waals surface area contributed by atoms with E-state index in [1.165, 1.54) is 18.3 Å². The van der Waals surface area contributed by atoms with Crippen molar-refractivity contribution >= 4 is 23.2 Å². The predicted octanol–water partition coefficient (Wildman–Crippen LogP) is 1.25. The van der Waals surface area contributed by atoms with Crippen LogP contribution in [0.15, 0.2) is 24.4 Å². The Balaban J connectivity index is 1.80. The number of pyridine rings is 1. The Morgan fingerprint density at radius 3 is 2.91 bits per heavy atom. The van der Waals surface area contributed by atoms with Crippen LogP contribution in [0.4, 0.5) is 17.3 Å². The maximum Gasteiger partial charge on any atom is 0.311 e. The van der Waals surface area contributed by atoms with Crippen LogP contribution < -0.4 is 10.2 Å². The maximum atomic E-state index is 12.6. The quantitative estimate of drug-likeness (QED) is 0.672. The van der Waals surface area contributed by atoms with Crippen LogP contribution in [0.1, 0.15) is 12.1 Å². The van der Waals surface area contributed by atoms with Crippen molar-refractivity contribution in [2.24, 2.45) is 7.05 Å². The summed E-state index contributed by atoms with van der Waals surface area (Å²) in [6, 6.07) is 4.14.